The van der Waals surface area contributed by atoms with E-state index < -0.39 is 0 Å². The van der Waals surface area contributed by atoms with Crippen LogP contribution in [0.4, 0.5) is 0 Å². The fraction of sp³-hybridized carbons (Fsp3) is 0.636. The van der Waals surface area contributed by atoms with Gasteiger partial charge in [0.15, 0.2) is 0 Å². The van der Waals surface area contributed by atoms with Gasteiger partial charge in [0.05, 0.1) is 6.42 Å². The summed E-state index contributed by atoms with van der Waals surface area (Å²) in [5.41, 5.74) is 1.40. The van der Waals surface area contributed by atoms with Gasteiger partial charge < -0.3 is 0 Å². The number of ketones is 2. The lowest BCUT2D eigenvalue weighted by Gasteiger charge is -2.06. The zero-order chi connectivity index (χ0) is 9.26. The Kier molecular flexibility index (Phi) is 2.30. The maximum Gasteiger partial charge on any atom is 0.144 e. The van der Waals surface area contributed by atoms with Gasteiger partial charge in [0.25, 0.3) is 0 Å². The smallest absolute Gasteiger partial charge is 0.144 e. The summed E-state index contributed by atoms with van der Waals surface area (Å²) in [6, 6.07) is 0. The Morgan fingerprint density at radius 1 is 1.38 bits per heavy atom. The molecule has 0 aromatic heterocycles. The molecule has 0 aromatic rings. The molecule has 70 valence electrons. The first-order valence-corrected chi connectivity index (χ1v) is 4.98. The van der Waals surface area contributed by atoms with Crippen molar-refractivity contribution in [2.24, 2.45) is 5.92 Å². The van der Waals surface area contributed by atoms with E-state index in [2.05, 4.69) is 6.08 Å². The number of carbonyl (C=O) groups excluding carboxylic acids is 2. The first-order valence-electron chi connectivity index (χ1n) is 4.98. The van der Waals surface area contributed by atoms with Crippen molar-refractivity contribution in [3.63, 3.8) is 0 Å². The molecule has 0 aliphatic heterocycles. The van der Waals surface area contributed by atoms with Crippen molar-refractivity contribution in [2.75, 3.05) is 0 Å². The van der Waals surface area contributed by atoms with Gasteiger partial charge in [-0.25, -0.2) is 0 Å². The highest BCUT2D eigenvalue weighted by Crippen LogP contribution is 2.30. The van der Waals surface area contributed by atoms with Gasteiger partial charge in [0.2, 0.25) is 0 Å². The van der Waals surface area contributed by atoms with E-state index in [-0.39, 0.29) is 23.9 Å². The third kappa shape index (κ3) is 1.87. The third-order valence-corrected chi connectivity index (χ3v) is 2.94. The number of hydrogen-bond acceptors (Lipinski definition) is 2. The Morgan fingerprint density at radius 3 is 2.77 bits per heavy atom. The van der Waals surface area contributed by atoms with Gasteiger partial charge in [-0.15, -0.1) is 0 Å². The molecule has 0 spiro atoms. The van der Waals surface area contributed by atoms with Crippen LogP contribution in [-0.4, -0.2) is 11.6 Å². The number of Topliss-reactive ketones (excluding diaryl/α,β-unsaturated/α-hetero) is 2. The molecule has 0 heterocycles. The van der Waals surface area contributed by atoms with Crippen LogP contribution in [0.25, 0.3) is 0 Å². The van der Waals surface area contributed by atoms with Gasteiger partial charge in [-0.05, 0) is 25.7 Å². The summed E-state index contributed by atoms with van der Waals surface area (Å²) >= 11 is 0. The van der Waals surface area contributed by atoms with E-state index in [9.17, 15) is 9.59 Å². The lowest BCUT2D eigenvalue weighted by Crippen LogP contribution is -2.06. The van der Waals surface area contributed by atoms with Crippen LogP contribution < -0.4 is 0 Å². The number of allylic oxidation sites excluding steroid dienone is 2. The van der Waals surface area contributed by atoms with E-state index in [1.165, 1.54) is 12.0 Å². The summed E-state index contributed by atoms with van der Waals surface area (Å²) in [6.45, 7) is 0. The summed E-state index contributed by atoms with van der Waals surface area (Å²) in [6.07, 6.45) is 7.29. The van der Waals surface area contributed by atoms with Gasteiger partial charge in [0.1, 0.15) is 11.6 Å². The van der Waals surface area contributed by atoms with Gasteiger partial charge in [-0.3, -0.25) is 9.59 Å². The van der Waals surface area contributed by atoms with E-state index in [0.717, 1.165) is 19.3 Å². The van der Waals surface area contributed by atoms with Gasteiger partial charge in [-0.1, -0.05) is 11.6 Å². The van der Waals surface area contributed by atoms with E-state index in [4.69, 9.17) is 0 Å². The van der Waals surface area contributed by atoms with E-state index in [0.29, 0.717) is 6.42 Å². The minimum absolute atomic E-state index is 0.0249. The van der Waals surface area contributed by atoms with E-state index >= 15 is 0 Å². The van der Waals surface area contributed by atoms with Crippen molar-refractivity contribution in [3.05, 3.63) is 11.6 Å². The molecular weight excluding hydrogens is 164 g/mol. The summed E-state index contributed by atoms with van der Waals surface area (Å²) in [4.78, 5) is 22.3. The highest BCUT2D eigenvalue weighted by Gasteiger charge is 2.31. The standard InChI is InChI=1S/C11H14O2/c12-10-6-9(11(13)7-10)5-8-3-1-2-4-8/h3,9H,1-2,4-7H2. The van der Waals surface area contributed by atoms with Crippen LogP contribution in [0.1, 0.15) is 38.5 Å². The molecule has 0 N–H and O–H groups in total. The van der Waals surface area contributed by atoms with Crippen molar-refractivity contribution in [3.8, 4) is 0 Å². The summed E-state index contributed by atoms with van der Waals surface area (Å²) in [7, 11) is 0. The second kappa shape index (κ2) is 3.44. The van der Waals surface area contributed by atoms with Gasteiger partial charge >= 0.3 is 0 Å². The molecule has 0 amide bonds. The fourth-order valence-corrected chi connectivity index (χ4v) is 2.22. The van der Waals surface area contributed by atoms with Crippen LogP contribution in [0, 0.1) is 5.92 Å². The van der Waals surface area contributed by atoms with Crippen LogP contribution in [0.2, 0.25) is 0 Å². The minimum Gasteiger partial charge on any atom is -0.299 e. The molecule has 0 saturated heterocycles. The molecule has 1 unspecified atom stereocenters. The number of rotatable bonds is 2. The molecule has 2 heteroatoms. The Labute approximate surface area is 78.0 Å². The normalized spacial score (nSPS) is 28.3. The molecule has 2 nitrogen and oxygen atoms in total. The first kappa shape index (κ1) is 8.67. The average molecular weight is 178 g/mol. The van der Waals surface area contributed by atoms with Crippen molar-refractivity contribution in [1.82, 2.24) is 0 Å². The number of carbonyl (C=O) groups is 2. The van der Waals surface area contributed by atoms with Crippen molar-refractivity contribution < 1.29 is 9.59 Å². The molecule has 0 bridgehead atoms. The predicted molar refractivity (Wildman–Crippen MR) is 49.3 cm³/mol. The lowest BCUT2D eigenvalue weighted by molar-refractivity contribution is -0.122. The highest BCUT2D eigenvalue weighted by molar-refractivity contribution is 6.07. The molecule has 0 aromatic carbocycles. The molecule has 0 radical (unpaired) electrons. The van der Waals surface area contributed by atoms with Crippen molar-refractivity contribution in [1.29, 1.82) is 0 Å². The molecule has 2 rings (SSSR count). The molecule has 1 saturated carbocycles. The highest BCUT2D eigenvalue weighted by atomic mass is 16.2. The molecule has 1 atom stereocenters. The SMILES string of the molecule is O=C1CC(=O)C(CC2=CCCC2)C1. The van der Waals surface area contributed by atoms with E-state index in [1.54, 1.807) is 0 Å². The Morgan fingerprint density at radius 2 is 2.23 bits per heavy atom. The summed E-state index contributed by atoms with van der Waals surface area (Å²) < 4.78 is 0. The molecule has 13 heavy (non-hydrogen) atoms. The predicted octanol–water partition coefficient (Wildman–Crippen LogP) is 2.04. The topological polar surface area (TPSA) is 34.1 Å². The van der Waals surface area contributed by atoms with Gasteiger partial charge in [-0.2, -0.15) is 0 Å². The van der Waals surface area contributed by atoms with Crippen molar-refractivity contribution in [2.45, 2.75) is 38.5 Å². The fourth-order valence-electron chi connectivity index (χ4n) is 2.22. The maximum absolute atomic E-state index is 11.3. The maximum atomic E-state index is 11.3. The Balaban J connectivity index is 1.94. The zero-order valence-corrected chi connectivity index (χ0v) is 7.71. The monoisotopic (exact) mass is 178 g/mol. The molecule has 1 fully saturated rings. The summed E-state index contributed by atoms with van der Waals surface area (Å²) in [5.74, 6) is 0.322. The van der Waals surface area contributed by atoms with Crippen LogP contribution >= 0.6 is 0 Å². The Bertz CT molecular complexity index is 276. The average Bonchev–Trinajstić information content (AvgIpc) is 2.63. The second-order valence-electron chi connectivity index (χ2n) is 4.04. The third-order valence-electron chi connectivity index (χ3n) is 2.94. The number of hydrogen-bond donors (Lipinski definition) is 0. The van der Waals surface area contributed by atoms with Crippen LogP contribution in [0.15, 0.2) is 11.6 Å². The zero-order valence-electron chi connectivity index (χ0n) is 7.71. The molecule has 2 aliphatic carbocycles. The first-order chi connectivity index (χ1) is 6.25. The second-order valence-corrected chi connectivity index (χ2v) is 4.04. The van der Waals surface area contributed by atoms with Crippen LogP contribution in [0.3, 0.4) is 0 Å². The van der Waals surface area contributed by atoms with Crippen LogP contribution in [-0.2, 0) is 9.59 Å². The Hall–Kier alpha value is -0.920. The molecular formula is C11H14O2. The van der Waals surface area contributed by atoms with E-state index in [1.807, 2.05) is 0 Å². The quantitative estimate of drug-likeness (QED) is 0.479. The minimum atomic E-state index is 0.0249. The largest absolute Gasteiger partial charge is 0.299 e. The van der Waals surface area contributed by atoms with Crippen LogP contribution in [0.5, 0.6) is 0 Å². The summed E-state index contributed by atoms with van der Waals surface area (Å²) in [5, 5.41) is 0. The van der Waals surface area contributed by atoms with Crippen molar-refractivity contribution >= 4 is 11.6 Å². The molecule has 2 aliphatic rings. The van der Waals surface area contributed by atoms with Gasteiger partial charge in [0, 0.05) is 12.3 Å². The lowest BCUT2D eigenvalue weighted by atomic mass is 9.97.